The molecule has 9 aromatic rings. The van der Waals surface area contributed by atoms with Gasteiger partial charge in [-0.1, -0.05) is 127 Å². The van der Waals surface area contributed by atoms with E-state index in [1.807, 2.05) is 0 Å². The summed E-state index contributed by atoms with van der Waals surface area (Å²) >= 11 is 0. The first-order chi connectivity index (χ1) is 19.8. The van der Waals surface area contributed by atoms with Crippen molar-refractivity contribution in [1.29, 1.82) is 0 Å². The average molecular weight is 505 g/mol. The van der Waals surface area contributed by atoms with Crippen LogP contribution < -0.4 is 0 Å². The molecule has 0 amide bonds. The van der Waals surface area contributed by atoms with Crippen molar-refractivity contribution in [3.05, 3.63) is 146 Å². The maximum absolute atomic E-state index is 2.36. The Labute approximate surface area is 232 Å². The van der Waals surface area contributed by atoms with Gasteiger partial charge >= 0.3 is 0 Å². The van der Waals surface area contributed by atoms with Gasteiger partial charge in [0.2, 0.25) is 0 Å². The van der Waals surface area contributed by atoms with Gasteiger partial charge in [0.15, 0.2) is 0 Å². The number of benzene rings is 9. The molecule has 184 valence electrons. The van der Waals surface area contributed by atoms with Gasteiger partial charge in [0, 0.05) is 0 Å². The minimum atomic E-state index is 1.25. The van der Waals surface area contributed by atoms with Crippen molar-refractivity contribution in [2.75, 3.05) is 0 Å². The summed E-state index contributed by atoms with van der Waals surface area (Å²) in [6, 6.07) is 54.0. The molecule has 0 heterocycles. The van der Waals surface area contributed by atoms with E-state index in [1.54, 1.807) is 0 Å². The van der Waals surface area contributed by atoms with Gasteiger partial charge in [-0.25, -0.2) is 0 Å². The Balaban J connectivity index is 1.22. The molecule has 0 N–H and O–H groups in total. The van der Waals surface area contributed by atoms with E-state index in [1.165, 1.54) is 86.9 Å². The Bertz CT molecular complexity index is 2410. The zero-order chi connectivity index (χ0) is 26.2. The van der Waals surface area contributed by atoms with Crippen LogP contribution in [0.3, 0.4) is 0 Å². The van der Waals surface area contributed by atoms with Crippen LogP contribution in [0.5, 0.6) is 0 Å². The molecule has 0 aliphatic heterocycles. The average Bonchev–Trinajstić information content (AvgIpc) is 3.02. The third-order valence-electron chi connectivity index (χ3n) is 8.76. The first kappa shape index (κ1) is 21.7. The lowest BCUT2D eigenvalue weighted by Gasteiger charge is -2.15. The molecule has 0 spiro atoms. The van der Waals surface area contributed by atoms with Crippen molar-refractivity contribution >= 4 is 64.6 Å². The molecule has 9 aromatic carbocycles. The molecule has 9 rings (SSSR count). The molecule has 0 atom stereocenters. The molecule has 0 heteroatoms. The maximum Gasteiger partial charge on any atom is -0.00206 e. The van der Waals surface area contributed by atoms with Gasteiger partial charge < -0.3 is 0 Å². The van der Waals surface area contributed by atoms with E-state index in [2.05, 4.69) is 146 Å². The fourth-order valence-corrected chi connectivity index (χ4v) is 6.76. The van der Waals surface area contributed by atoms with Gasteiger partial charge in [0.25, 0.3) is 0 Å². The summed E-state index contributed by atoms with van der Waals surface area (Å²) in [7, 11) is 0. The summed E-state index contributed by atoms with van der Waals surface area (Å²) in [4.78, 5) is 0. The van der Waals surface area contributed by atoms with E-state index in [4.69, 9.17) is 0 Å². The lowest BCUT2D eigenvalue weighted by atomic mass is 9.89. The Morgan fingerprint density at radius 2 is 0.800 bits per heavy atom. The lowest BCUT2D eigenvalue weighted by molar-refractivity contribution is 1.67. The zero-order valence-corrected chi connectivity index (χ0v) is 21.9. The van der Waals surface area contributed by atoms with E-state index in [-0.39, 0.29) is 0 Å². The van der Waals surface area contributed by atoms with E-state index in [0.717, 1.165) is 0 Å². The molecular formula is C40H24. The van der Waals surface area contributed by atoms with Crippen molar-refractivity contribution in [2.45, 2.75) is 0 Å². The standard InChI is InChI=1S/C40H24/c1-2-7-35-26(4-1)10-11-27-12-16-32(24-38(27)35)31-15-8-25-9-17-33(23-34(25)22-31)36-20-18-30-14-13-28-5-3-6-29-19-21-37(36)40(30)39(28)29/h1-24H. The highest BCUT2D eigenvalue weighted by Crippen LogP contribution is 2.40. The third kappa shape index (κ3) is 3.14. The van der Waals surface area contributed by atoms with Crippen molar-refractivity contribution in [3.63, 3.8) is 0 Å². The summed E-state index contributed by atoms with van der Waals surface area (Å²) < 4.78 is 0. The summed E-state index contributed by atoms with van der Waals surface area (Å²) in [5.74, 6) is 0. The van der Waals surface area contributed by atoms with Crippen LogP contribution in [0.15, 0.2) is 146 Å². The number of hydrogen-bond acceptors (Lipinski definition) is 0. The number of fused-ring (bicyclic) bond motifs is 4. The molecule has 0 nitrogen and oxygen atoms in total. The topological polar surface area (TPSA) is 0 Å². The van der Waals surface area contributed by atoms with Crippen LogP contribution in [0.1, 0.15) is 0 Å². The lowest BCUT2D eigenvalue weighted by Crippen LogP contribution is -1.87. The minimum absolute atomic E-state index is 1.25. The quantitative estimate of drug-likeness (QED) is 0.205. The minimum Gasteiger partial charge on any atom is -0.0616 e. The largest absolute Gasteiger partial charge is 0.0616 e. The van der Waals surface area contributed by atoms with Gasteiger partial charge in [0.1, 0.15) is 0 Å². The normalized spacial score (nSPS) is 12.0. The zero-order valence-electron chi connectivity index (χ0n) is 21.9. The highest BCUT2D eigenvalue weighted by Gasteiger charge is 2.12. The Morgan fingerprint density at radius 3 is 1.65 bits per heavy atom. The molecule has 0 bridgehead atoms. The molecule has 0 fully saturated rings. The molecule has 0 unspecified atom stereocenters. The highest BCUT2D eigenvalue weighted by molar-refractivity contribution is 6.25. The second-order valence-corrected chi connectivity index (χ2v) is 11.0. The smallest absolute Gasteiger partial charge is 0.00206 e. The van der Waals surface area contributed by atoms with E-state index in [9.17, 15) is 0 Å². The molecule has 0 aromatic heterocycles. The molecule has 0 saturated heterocycles. The highest BCUT2D eigenvalue weighted by atomic mass is 14.2. The maximum atomic E-state index is 2.36. The van der Waals surface area contributed by atoms with Crippen LogP contribution in [0, 0.1) is 0 Å². The Kier molecular flexibility index (Phi) is 4.42. The van der Waals surface area contributed by atoms with Crippen LogP contribution in [0.2, 0.25) is 0 Å². The van der Waals surface area contributed by atoms with Gasteiger partial charge in [-0.15, -0.1) is 0 Å². The molecular weight excluding hydrogens is 480 g/mol. The fraction of sp³-hybridized carbons (Fsp3) is 0. The number of hydrogen-bond donors (Lipinski definition) is 0. The first-order valence-electron chi connectivity index (χ1n) is 13.9. The third-order valence-corrected chi connectivity index (χ3v) is 8.76. The van der Waals surface area contributed by atoms with E-state index >= 15 is 0 Å². The van der Waals surface area contributed by atoms with Crippen LogP contribution in [-0.4, -0.2) is 0 Å². The van der Waals surface area contributed by atoms with Crippen LogP contribution in [0.4, 0.5) is 0 Å². The summed E-state index contributed by atoms with van der Waals surface area (Å²) in [5.41, 5.74) is 5.04. The summed E-state index contributed by atoms with van der Waals surface area (Å²) in [6.45, 7) is 0. The molecule has 40 heavy (non-hydrogen) atoms. The second-order valence-electron chi connectivity index (χ2n) is 11.0. The van der Waals surface area contributed by atoms with Gasteiger partial charge in [-0.05, 0) is 105 Å². The monoisotopic (exact) mass is 504 g/mol. The number of rotatable bonds is 2. The van der Waals surface area contributed by atoms with Crippen LogP contribution in [0.25, 0.3) is 86.9 Å². The van der Waals surface area contributed by atoms with Crippen molar-refractivity contribution in [1.82, 2.24) is 0 Å². The van der Waals surface area contributed by atoms with Crippen LogP contribution in [-0.2, 0) is 0 Å². The molecule has 0 saturated carbocycles. The van der Waals surface area contributed by atoms with Crippen LogP contribution >= 0.6 is 0 Å². The summed E-state index contributed by atoms with van der Waals surface area (Å²) in [6.07, 6.45) is 0. The second kappa shape index (κ2) is 8.15. The Morgan fingerprint density at radius 1 is 0.250 bits per heavy atom. The Hall–Kier alpha value is -5.20. The van der Waals surface area contributed by atoms with Crippen molar-refractivity contribution in [3.8, 4) is 22.3 Å². The summed E-state index contributed by atoms with van der Waals surface area (Å²) in [5, 5.41) is 15.7. The molecule has 0 aliphatic rings. The van der Waals surface area contributed by atoms with Crippen molar-refractivity contribution < 1.29 is 0 Å². The fourth-order valence-electron chi connectivity index (χ4n) is 6.76. The van der Waals surface area contributed by atoms with Gasteiger partial charge in [0.05, 0.1) is 0 Å². The van der Waals surface area contributed by atoms with E-state index < -0.39 is 0 Å². The first-order valence-corrected chi connectivity index (χ1v) is 13.9. The van der Waals surface area contributed by atoms with Gasteiger partial charge in [-0.3, -0.25) is 0 Å². The predicted molar refractivity (Wildman–Crippen MR) is 174 cm³/mol. The molecule has 0 radical (unpaired) electrons. The van der Waals surface area contributed by atoms with Gasteiger partial charge in [-0.2, -0.15) is 0 Å². The predicted octanol–water partition coefficient (Wildman–Crippen LogP) is 11.4. The SMILES string of the molecule is c1ccc2c(c1)ccc1ccc(-c3ccc4ccc(-c5ccc6ccc7cccc8ccc5c6c78)cc4c3)cc12. The molecule has 0 aliphatic carbocycles. The van der Waals surface area contributed by atoms with E-state index in [0.29, 0.717) is 0 Å². The van der Waals surface area contributed by atoms with Crippen molar-refractivity contribution in [2.24, 2.45) is 0 Å².